The zero-order valence-corrected chi connectivity index (χ0v) is 24.1. The summed E-state index contributed by atoms with van der Waals surface area (Å²) in [6.07, 6.45) is 0. The lowest BCUT2D eigenvalue weighted by atomic mass is 9.90. The van der Waals surface area contributed by atoms with Crippen molar-refractivity contribution in [3.63, 3.8) is 0 Å². The molecule has 10 rings (SSSR count). The second kappa shape index (κ2) is 9.13. The van der Waals surface area contributed by atoms with E-state index in [1.807, 2.05) is 6.07 Å². The third-order valence-corrected chi connectivity index (χ3v) is 9.15. The lowest BCUT2D eigenvalue weighted by molar-refractivity contribution is 0.669. The van der Waals surface area contributed by atoms with Gasteiger partial charge in [0.1, 0.15) is 11.2 Å². The van der Waals surface area contributed by atoms with Gasteiger partial charge in [-0.2, -0.15) is 0 Å². The Labute approximate surface area is 259 Å². The van der Waals surface area contributed by atoms with Crippen LogP contribution in [0.5, 0.6) is 0 Å². The highest BCUT2D eigenvalue weighted by Crippen LogP contribution is 2.48. The average molecular weight is 573 g/mol. The van der Waals surface area contributed by atoms with Gasteiger partial charge < -0.3 is 14.6 Å². The highest BCUT2D eigenvalue weighted by Gasteiger charge is 2.23. The molecule has 208 valence electrons. The normalized spacial score (nSPS) is 12.0. The van der Waals surface area contributed by atoms with E-state index in [0.29, 0.717) is 0 Å². The Morgan fingerprint density at radius 1 is 0.444 bits per heavy atom. The SMILES string of the molecule is c1c2ccccc2c2ccc(N(c3ccccc3)c3ccc4oc5cc6c7c(cccc7c5c4c3)-c3ccccc3N6)cc2c#1. The number of hydrogen-bond donors (Lipinski definition) is 1. The first-order valence-corrected chi connectivity index (χ1v) is 15.2. The summed E-state index contributed by atoms with van der Waals surface area (Å²) in [5.74, 6) is 0. The number of benzene rings is 7. The molecule has 8 aromatic carbocycles. The van der Waals surface area contributed by atoms with Crippen molar-refractivity contribution in [3.8, 4) is 11.1 Å². The molecule has 0 bridgehead atoms. The zero-order valence-electron chi connectivity index (χ0n) is 24.1. The van der Waals surface area contributed by atoms with Crippen molar-refractivity contribution in [2.45, 2.75) is 0 Å². The number of para-hydroxylation sites is 2. The van der Waals surface area contributed by atoms with Crippen molar-refractivity contribution in [2.24, 2.45) is 0 Å². The number of anilines is 5. The largest absolute Gasteiger partial charge is 0.456 e. The van der Waals surface area contributed by atoms with Gasteiger partial charge in [0.2, 0.25) is 0 Å². The van der Waals surface area contributed by atoms with Gasteiger partial charge in [-0.3, -0.25) is 0 Å². The molecule has 0 spiro atoms. The van der Waals surface area contributed by atoms with Crippen LogP contribution in [0, 0.1) is 12.1 Å². The van der Waals surface area contributed by atoms with Crippen molar-refractivity contribution in [1.29, 1.82) is 0 Å². The van der Waals surface area contributed by atoms with Crippen LogP contribution >= 0.6 is 0 Å². The first kappa shape index (κ1) is 24.2. The minimum atomic E-state index is 0.871. The van der Waals surface area contributed by atoms with Gasteiger partial charge in [0.25, 0.3) is 0 Å². The molecule has 0 atom stereocenters. The van der Waals surface area contributed by atoms with Crippen LogP contribution in [0.2, 0.25) is 0 Å². The fourth-order valence-corrected chi connectivity index (χ4v) is 7.17. The van der Waals surface area contributed by atoms with Gasteiger partial charge in [0.15, 0.2) is 0 Å². The van der Waals surface area contributed by atoms with E-state index >= 15 is 0 Å². The second-order valence-electron chi connectivity index (χ2n) is 11.7. The maximum Gasteiger partial charge on any atom is 0.138 e. The molecule has 1 aliphatic rings. The smallest absolute Gasteiger partial charge is 0.138 e. The van der Waals surface area contributed by atoms with E-state index in [1.165, 1.54) is 32.7 Å². The Balaban J connectivity index is 1.21. The molecular formula is C42H24N2O. The summed E-state index contributed by atoms with van der Waals surface area (Å²) in [5.41, 5.74) is 9.61. The molecule has 0 aliphatic carbocycles. The molecule has 0 radical (unpaired) electrons. The standard InChI is InChI=1S/C42H24N2O/c1-2-10-28(11-3-1)44(29-19-21-32-27(23-29)18-17-26-9-4-5-12-31(26)32)30-20-22-39-36(24-30)42-35-15-8-14-34-33-13-6-7-16-37(33)43-38(41(34)35)25-40(42)45-39/h1-16,19-25,43H. The van der Waals surface area contributed by atoms with Gasteiger partial charge in [-0.25, -0.2) is 0 Å². The lowest BCUT2D eigenvalue weighted by Gasteiger charge is -2.26. The minimum absolute atomic E-state index is 0.871. The summed E-state index contributed by atoms with van der Waals surface area (Å²) in [7, 11) is 0. The van der Waals surface area contributed by atoms with Gasteiger partial charge >= 0.3 is 0 Å². The number of hydrogen-bond acceptors (Lipinski definition) is 3. The van der Waals surface area contributed by atoms with Crippen LogP contribution in [0.3, 0.4) is 0 Å². The third-order valence-electron chi connectivity index (χ3n) is 9.15. The molecule has 9 aromatic rings. The quantitative estimate of drug-likeness (QED) is 0.228. The van der Waals surface area contributed by atoms with Gasteiger partial charge in [0.05, 0.1) is 5.69 Å². The van der Waals surface area contributed by atoms with Crippen LogP contribution in [0.4, 0.5) is 28.4 Å². The fourth-order valence-electron chi connectivity index (χ4n) is 7.17. The monoisotopic (exact) mass is 572 g/mol. The van der Waals surface area contributed by atoms with Crippen LogP contribution in [0.15, 0.2) is 144 Å². The van der Waals surface area contributed by atoms with Crippen molar-refractivity contribution >= 4 is 82.7 Å². The van der Waals surface area contributed by atoms with Gasteiger partial charge in [-0.05, 0) is 76.3 Å². The molecule has 3 heteroatoms. The molecule has 1 aromatic heterocycles. The molecular weight excluding hydrogens is 548 g/mol. The van der Waals surface area contributed by atoms with Crippen molar-refractivity contribution in [3.05, 3.63) is 152 Å². The predicted molar refractivity (Wildman–Crippen MR) is 187 cm³/mol. The van der Waals surface area contributed by atoms with Crippen LogP contribution in [-0.4, -0.2) is 0 Å². The molecule has 0 unspecified atom stereocenters. The summed E-state index contributed by atoms with van der Waals surface area (Å²) >= 11 is 0. The first-order valence-electron chi connectivity index (χ1n) is 15.2. The van der Waals surface area contributed by atoms with E-state index in [9.17, 15) is 0 Å². The highest BCUT2D eigenvalue weighted by atomic mass is 16.3. The van der Waals surface area contributed by atoms with Crippen LogP contribution in [0.1, 0.15) is 0 Å². The van der Waals surface area contributed by atoms with Crippen molar-refractivity contribution < 1.29 is 4.42 Å². The second-order valence-corrected chi connectivity index (χ2v) is 11.7. The van der Waals surface area contributed by atoms with Crippen molar-refractivity contribution in [2.75, 3.05) is 10.2 Å². The van der Waals surface area contributed by atoms with Crippen LogP contribution in [-0.2, 0) is 0 Å². The summed E-state index contributed by atoms with van der Waals surface area (Å²) in [6, 6.07) is 56.1. The first-order chi connectivity index (χ1) is 22.3. The summed E-state index contributed by atoms with van der Waals surface area (Å²) in [6.45, 7) is 0. The molecule has 0 saturated heterocycles. The minimum Gasteiger partial charge on any atom is -0.456 e. The Kier molecular flexibility index (Phi) is 4.92. The van der Waals surface area contributed by atoms with Gasteiger partial charge in [0, 0.05) is 61.3 Å². The van der Waals surface area contributed by atoms with E-state index in [2.05, 4.69) is 156 Å². The summed E-state index contributed by atoms with van der Waals surface area (Å²) in [4.78, 5) is 2.31. The van der Waals surface area contributed by atoms with Crippen LogP contribution < -0.4 is 10.2 Å². The van der Waals surface area contributed by atoms with E-state index < -0.39 is 0 Å². The van der Waals surface area contributed by atoms with Gasteiger partial charge in [-0.1, -0.05) is 91.0 Å². The van der Waals surface area contributed by atoms with E-state index in [4.69, 9.17) is 4.42 Å². The molecule has 0 amide bonds. The van der Waals surface area contributed by atoms with E-state index in [-0.39, 0.29) is 0 Å². The third kappa shape index (κ3) is 3.54. The fraction of sp³-hybridized carbons (Fsp3) is 0. The summed E-state index contributed by atoms with van der Waals surface area (Å²) < 4.78 is 6.53. The Morgan fingerprint density at radius 2 is 1.18 bits per heavy atom. The predicted octanol–water partition coefficient (Wildman–Crippen LogP) is 11.8. The molecule has 45 heavy (non-hydrogen) atoms. The maximum absolute atomic E-state index is 6.53. The lowest BCUT2D eigenvalue weighted by Crippen LogP contribution is -2.09. The van der Waals surface area contributed by atoms with E-state index in [0.717, 1.165) is 61.1 Å². The number of nitrogens with zero attached hydrogens (tertiary/aromatic N) is 1. The number of nitrogens with one attached hydrogen (secondary N) is 1. The molecule has 1 N–H and O–H groups in total. The Bertz CT molecular complexity index is 2630. The Hall–Kier alpha value is -6.24. The molecule has 0 fully saturated rings. The molecule has 3 nitrogen and oxygen atoms in total. The van der Waals surface area contributed by atoms with Crippen LogP contribution in [0.25, 0.3) is 65.4 Å². The average Bonchev–Trinajstić information content (AvgIpc) is 3.47. The zero-order chi connectivity index (χ0) is 29.5. The van der Waals surface area contributed by atoms with Crippen molar-refractivity contribution in [1.82, 2.24) is 0 Å². The highest BCUT2D eigenvalue weighted by molar-refractivity contribution is 6.26. The summed E-state index contributed by atoms with van der Waals surface area (Å²) in [5, 5.41) is 12.8. The molecule has 1 aliphatic heterocycles. The number of furan rings is 1. The van der Waals surface area contributed by atoms with Gasteiger partial charge in [-0.15, -0.1) is 0 Å². The molecule has 2 heterocycles. The number of rotatable bonds is 3. The Morgan fingerprint density at radius 3 is 2.13 bits per heavy atom. The topological polar surface area (TPSA) is 28.4 Å². The number of fused-ring (bicyclic) bond motifs is 9. The molecule has 0 saturated carbocycles. The maximum atomic E-state index is 6.53. The van der Waals surface area contributed by atoms with E-state index in [1.54, 1.807) is 0 Å².